The van der Waals surface area contributed by atoms with Gasteiger partial charge in [-0.15, -0.1) is 0 Å². The van der Waals surface area contributed by atoms with Gasteiger partial charge in [-0.25, -0.2) is 0 Å². The molecule has 0 bridgehead atoms. The lowest BCUT2D eigenvalue weighted by atomic mass is 9.91. The van der Waals surface area contributed by atoms with Gasteiger partial charge in [-0.1, -0.05) is 19.1 Å². The molecule has 118 valence electrons. The average Bonchev–Trinajstić information content (AvgIpc) is 2.39. The quantitative estimate of drug-likeness (QED) is 0.880. The van der Waals surface area contributed by atoms with E-state index in [2.05, 4.69) is 70.0 Å². The van der Waals surface area contributed by atoms with Gasteiger partial charge in [-0.3, -0.25) is 0 Å². The highest BCUT2D eigenvalue weighted by atomic mass is 15.2. The molecule has 1 saturated heterocycles. The highest BCUT2D eigenvalue weighted by Gasteiger charge is 2.25. The molecule has 1 N–H and O–H groups in total. The minimum Gasteiger partial charge on any atom is -0.368 e. The number of piperidine rings is 1. The Balaban J connectivity index is 2.12. The molecule has 2 unspecified atom stereocenters. The van der Waals surface area contributed by atoms with Crippen LogP contribution in [0, 0.1) is 12.8 Å². The van der Waals surface area contributed by atoms with Gasteiger partial charge in [-0.2, -0.15) is 0 Å². The van der Waals surface area contributed by atoms with E-state index in [-0.39, 0.29) is 5.54 Å². The van der Waals surface area contributed by atoms with E-state index in [1.165, 1.54) is 36.2 Å². The fourth-order valence-electron chi connectivity index (χ4n) is 3.19. The Morgan fingerprint density at radius 1 is 1.24 bits per heavy atom. The second-order valence-corrected chi connectivity index (χ2v) is 7.78. The fraction of sp³-hybridized carbons (Fsp3) is 0.684. The number of hydrogen-bond donors (Lipinski definition) is 1. The Morgan fingerprint density at radius 3 is 2.57 bits per heavy atom. The second-order valence-electron chi connectivity index (χ2n) is 7.78. The first-order valence-electron chi connectivity index (χ1n) is 8.39. The van der Waals surface area contributed by atoms with Gasteiger partial charge in [0.25, 0.3) is 0 Å². The van der Waals surface area contributed by atoms with Crippen molar-refractivity contribution in [3.63, 3.8) is 0 Å². The summed E-state index contributed by atoms with van der Waals surface area (Å²) in [7, 11) is 0. The molecule has 0 amide bonds. The number of aryl methyl sites for hydroxylation is 1. The molecule has 0 saturated carbocycles. The molecule has 0 aliphatic carbocycles. The molecule has 1 aliphatic heterocycles. The molecule has 0 radical (unpaired) electrons. The molecule has 21 heavy (non-hydrogen) atoms. The molecule has 1 aliphatic rings. The topological polar surface area (TPSA) is 15.3 Å². The van der Waals surface area contributed by atoms with E-state index in [1.807, 2.05) is 0 Å². The van der Waals surface area contributed by atoms with E-state index in [4.69, 9.17) is 0 Å². The van der Waals surface area contributed by atoms with Crippen molar-refractivity contribution in [2.24, 2.45) is 5.92 Å². The standard InChI is InChI=1S/C19H32N2/c1-14-8-7-11-21(16(14)3)18-10-9-17(12-15(18)2)13-20-19(4,5)6/h9-10,12,14,16,20H,7-8,11,13H2,1-6H3. The van der Waals surface area contributed by atoms with E-state index in [1.54, 1.807) is 0 Å². The zero-order chi connectivity index (χ0) is 15.6. The molecule has 1 aromatic rings. The first-order chi connectivity index (χ1) is 9.78. The van der Waals surface area contributed by atoms with Crippen molar-refractivity contribution >= 4 is 5.69 Å². The first kappa shape index (κ1) is 16.4. The minimum absolute atomic E-state index is 0.170. The Bertz CT molecular complexity index is 473. The van der Waals surface area contributed by atoms with Crippen LogP contribution in [0.4, 0.5) is 5.69 Å². The lowest BCUT2D eigenvalue weighted by molar-refractivity contribution is 0.363. The Kier molecular flexibility index (Phi) is 4.98. The first-order valence-corrected chi connectivity index (χ1v) is 8.39. The van der Waals surface area contributed by atoms with E-state index < -0.39 is 0 Å². The third kappa shape index (κ3) is 4.23. The highest BCUT2D eigenvalue weighted by molar-refractivity contribution is 5.55. The monoisotopic (exact) mass is 288 g/mol. The summed E-state index contributed by atoms with van der Waals surface area (Å²) in [6.45, 7) is 15.8. The van der Waals surface area contributed by atoms with Gasteiger partial charge in [0, 0.05) is 30.4 Å². The zero-order valence-electron chi connectivity index (χ0n) is 14.7. The molecule has 2 rings (SSSR count). The molecule has 0 spiro atoms. The van der Waals surface area contributed by atoms with Gasteiger partial charge in [0.2, 0.25) is 0 Å². The predicted octanol–water partition coefficient (Wildman–Crippen LogP) is 4.51. The van der Waals surface area contributed by atoms with Gasteiger partial charge >= 0.3 is 0 Å². The van der Waals surface area contributed by atoms with E-state index >= 15 is 0 Å². The summed E-state index contributed by atoms with van der Waals surface area (Å²) in [5.41, 5.74) is 4.38. The SMILES string of the molecule is Cc1cc(CNC(C)(C)C)ccc1N1CCCC(C)C1C. The van der Waals surface area contributed by atoms with Crippen molar-refractivity contribution in [3.8, 4) is 0 Å². The summed E-state index contributed by atoms with van der Waals surface area (Å²) in [4.78, 5) is 2.60. The lowest BCUT2D eigenvalue weighted by Gasteiger charge is -2.40. The van der Waals surface area contributed by atoms with E-state index in [9.17, 15) is 0 Å². The summed E-state index contributed by atoms with van der Waals surface area (Å²) >= 11 is 0. The molecule has 1 heterocycles. The van der Waals surface area contributed by atoms with Gasteiger partial charge in [0.05, 0.1) is 0 Å². The van der Waals surface area contributed by atoms with Gasteiger partial charge in [-0.05, 0) is 70.6 Å². The van der Waals surface area contributed by atoms with Crippen molar-refractivity contribution < 1.29 is 0 Å². The average molecular weight is 288 g/mol. The van der Waals surface area contributed by atoms with Crippen LogP contribution in [0.5, 0.6) is 0 Å². The van der Waals surface area contributed by atoms with E-state index in [0.717, 1.165) is 12.5 Å². The van der Waals surface area contributed by atoms with Crippen LogP contribution in [0.1, 0.15) is 58.6 Å². The van der Waals surface area contributed by atoms with Crippen LogP contribution in [-0.4, -0.2) is 18.1 Å². The maximum atomic E-state index is 3.57. The van der Waals surface area contributed by atoms with Gasteiger partial charge in [0.15, 0.2) is 0 Å². The van der Waals surface area contributed by atoms with Gasteiger partial charge in [0.1, 0.15) is 0 Å². The molecular formula is C19H32N2. The highest BCUT2D eigenvalue weighted by Crippen LogP contribution is 2.31. The Hall–Kier alpha value is -1.02. The number of nitrogens with zero attached hydrogens (tertiary/aromatic N) is 1. The summed E-state index contributed by atoms with van der Waals surface area (Å²) in [6, 6.07) is 7.60. The second kappa shape index (κ2) is 6.39. The molecule has 1 fully saturated rings. The maximum absolute atomic E-state index is 3.57. The number of anilines is 1. The lowest BCUT2D eigenvalue weighted by Crippen LogP contribution is -2.42. The van der Waals surface area contributed by atoms with E-state index in [0.29, 0.717) is 6.04 Å². The molecular weight excluding hydrogens is 256 g/mol. The van der Waals surface area contributed by atoms with Crippen LogP contribution < -0.4 is 10.2 Å². The van der Waals surface area contributed by atoms with Crippen LogP contribution in [-0.2, 0) is 6.54 Å². The molecule has 2 nitrogen and oxygen atoms in total. The predicted molar refractivity (Wildman–Crippen MR) is 93.0 cm³/mol. The zero-order valence-corrected chi connectivity index (χ0v) is 14.7. The third-order valence-electron chi connectivity index (χ3n) is 4.77. The summed E-state index contributed by atoms with van der Waals surface area (Å²) in [5.74, 6) is 0.792. The third-order valence-corrected chi connectivity index (χ3v) is 4.77. The van der Waals surface area contributed by atoms with Crippen LogP contribution >= 0.6 is 0 Å². The smallest absolute Gasteiger partial charge is 0.0398 e. The van der Waals surface area contributed by atoms with Crippen LogP contribution in [0.25, 0.3) is 0 Å². The van der Waals surface area contributed by atoms with Crippen molar-refractivity contribution in [1.29, 1.82) is 0 Å². The van der Waals surface area contributed by atoms with Gasteiger partial charge < -0.3 is 10.2 Å². The molecule has 2 heteroatoms. The minimum atomic E-state index is 0.170. The number of benzene rings is 1. The maximum Gasteiger partial charge on any atom is 0.0398 e. The van der Waals surface area contributed by atoms with Crippen molar-refractivity contribution in [2.45, 2.75) is 72.5 Å². The summed E-state index contributed by atoms with van der Waals surface area (Å²) in [6.07, 6.45) is 2.68. The number of hydrogen-bond acceptors (Lipinski definition) is 2. The molecule has 1 aromatic carbocycles. The number of rotatable bonds is 3. The largest absolute Gasteiger partial charge is 0.368 e. The molecule has 2 atom stereocenters. The van der Waals surface area contributed by atoms with Crippen LogP contribution in [0.3, 0.4) is 0 Å². The Morgan fingerprint density at radius 2 is 1.95 bits per heavy atom. The normalized spacial score (nSPS) is 23.4. The fourth-order valence-corrected chi connectivity index (χ4v) is 3.19. The van der Waals surface area contributed by atoms with Crippen molar-refractivity contribution in [3.05, 3.63) is 29.3 Å². The summed E-state index contributed by atoms with van der Waals surface area (Å²) in [5, 5.41) is 3.57. The van der Waals surface area contributed by atoms with Crippen molar-refractivity contribution in [2.75, 3.05) is 11.4 Å². The molecule has 0 aromatic heterocycles. The van der Waals surface area contributed by atoms with Crippen molar-refractivity contribution in [1.82, 2.24) is 5.32 Å². The van der Waals surface area contributed by atoms with Crippen LogP contribution in [0.2, 0.25) is 0 Å². The van der Waals surface area contributed by atoms with Crippen LogP contribution in [0.15, 0.2) is 18.2 Å². The Labute approximate surface area is 130 Å². The summed E-state index contributed by atoms with van der Waals surface area (Å²) < 4.78 is 0. The number of nitrogens with one attached hydrogen (secondary N) is 1.